The van der Waals surface area contributed by atoms with Crippen molar-refractivity contribution in [2.75, 3.05) is 98.9 Å². The zero-order valence-electron chi connectivity index (χ0n) is 34.9. The van der Waals surface area contributed by atoms with Crippen molar-refractivity contribution >= 4 is 31.2 Å². The molecular weight excluding hydrogens is 787 g/mol. The van der Waals surface area contributed by atoms with Crippen LogP contribution in [0.4, 0.5) is 0 Å². The molecule has 0 aliphatic heterocycles. The number of hydrogen-bond acceptors (Lipinski definition) is 13. The molecule has 334 valence electrons. The third kappa shape index (κ3) is 27.0. The van der Waals surface area contributed by atoms with Crippen LogP contribution in [0.5, 0.6) is 0 Å². The van der Waals surface area contributed by atoms with Crippen LogP contribution < -0.4 is 26.2 Å². The van der Waals surface area contributed by atoms with Crippen LogP contribution in [0.2, 0.25) is 0 Å². The molecular formula is C41H66N4O13P-. The van der Waals surface area contributed by atoms with E-state index in [1.54, 1.807) is 13.8 Å². The summed E-state index contributed by atoms with van der Waals surface area (Å²) in [5, 5.41) is 11.6. The zero-order chi connectivity index (χ0) is 43.6. The fourth-order valence-corrected chi connectivity index (χ4v) is 6.72. The monoisotopic (exact) mass is 853 g/mol. The van der Waals surface area contributed by atoms with Gasteiger partial charge in [0.15, 0.2) is 0 Å². The van der Waals surface area contributed by atoms with E-state index in [-0.39, 0.29) is 121 Å². The summed E-state index contributed by atoms with van der Waals surface area (Å²) in [6.07, 6.45) is 16.8. The lowest BCUT2D eigenvalue weighted by atomic mass is 9.81. The summed E-state index contributed by atoms with van der Waals surface area (Å²) in [5.74, 6) is 5.41. The topological polar surface area (TPSA) is 221 Å². The van der Waals surface area contributed by atoms with Crippen molar-refractivity contribution in [2.24, 2.45) is 5.92 Å². The molecule has 0 bridgehead atoms. The molecule has 1 saturated carbocycles. The van der Waals surface area contributed by atoms with E-state index in [1.807, 2.05) is 0 Å². The number of rotatable bonds is 35. The maximum Gasteiger partial charge on any atom is 0.223 e. The van der Waals surface area contributed by atoms with Crippen molar-refractivity contribution in [3.8, 4) is 37.0 Å². The van der Waals surface area contributed by atoms with Crippen LogP contribution in [0.3, 0.4) is 0 Å². The minimum absolute atomic E-state index is 0.0193. The van der Waals surface area contributed by atoms with Gasteiger partial charge in [0.05, 0.1) is 65.6 Å². The first-order chi connectivity index (χ1) is 28.4. The molecule has 0 heterocycles. The first kappa shape index (κ1) is 53.5. The average molecular weight is 854 g/mol. The Hall–Kier alpha value is -3.53. The second-order valence-electron chi connectivity index (χ2n) is 14.1. The van der Waals surface area contributed by atoms with E-state index in [0.717, 1.165) is 0 Å². The Kier molecular flexibility index (Phi) is 30.1. The average Bonchev–Trinajstić information content (AvgIpc) is 3.21. The summed E-state index contributed by atoms with van der Waals surface area (Å²) in [5.41, 5.74) is -1.81. The highest BCUT2D eigenvalue weighted by molar-refractivity contribution is 7.52. The number of hydrogen-bond donors (Lipinski definition) is 4. The molecule has 4 N–H and O–H groups in total. The van der Waals surface area contributed by atoms with Crippen LogP contribution in [0.15, 0.2) is 0 Å². The number of carbonyl (C=O) groups excluding carboxylic acids is 4. The predicted octanol–water partition coefficient (Wildman–Crippen LogP) is 1.07. The lowest BCUT2D eigenvalue weighted by Gasteiger charge is -2.38. The molecule has 0 aromatic heterocycles. The normalized spacial score (nSPS) is 16.2. The number of terminal acetylenes is 3. The van der Waals surface area contributed by atoms with Gasteiger partial charge in [-0.05, 0) is 44.9 Å². The highest BCUT2D eigenvalue weighted by atomic mass is 31.2. The first-order valence-electron chi connectivity index (χ1n) is 20.3. The van der Waals surface area contributed by atoms with Gasteiger partial charge in [-0.15, -0.1) is 19.3 Å². The predicted molar refractivity (Wildman–Crippen MR) is 219 cm³/mol. The third-order valence-corrected chi connectivity index (χ3v) is 11.1. The highest BCUT2D eigenvalue weighted by Crippen LogP contribution is 2.46. The van der Waals surface area contributed by atoms with Crippen LogP contribution in [-0.4, -0.2) is 140 Å². The molecule has 59 heavy (non-hydrogen) atoms. The van der Waals surface area contributed by atoms with Crippen LogP contribution in [-0.2, 0) is 56.7 Å². The molecule has 0 aromatic carbocycles. The standard InChI is InChI=1S/C41H67N4O13P/c1-6-22-52-28-31-55-25-19-42-37(46)13-16-41(17-14-38(47)43-20-26-56-32-29-53-23-7-2,18-15-39(48)44-21-27-57-33-30-54-24-8-3)45-40(49)35-9-11-36(12-10-35)58-59(50,51)34(4)5/h1-3,34-36H,9-33H2,4-5H3,(H,42,46)(H,43,47)(H,44,48)(H,45,49)(H,50,51)/p-1. The van der Waals surface area contributed by atoms with E-state index in [9.17, 15) is 28.6 Å². The van der Waals surface area contributed by atoms with Crippen molar-refractivity contribution in [3.63, 3.8) is 0 Å². The summed E-state index contributed by atoms with van der Waals surface area (Å²) in [6, 6.07) is 0. The molecule has 4 amide bonds. The fraction of sp³-hybridized carbons (Fsp3) is 0.756. The summed E-state index contributed by atoms with van der Waals surface area (Å²) < 4.78 is 49.8. The van der Waals surface area contributed by atoms with Gasteiger partial charge in [0.1, 0.15) is 27.4 Å². The third-order valence-electron chi connectivity index (χ3n) is 9.23. The molecule has 18 heteroatoms. The molecule has 1 fully saturated rings. The Morgan fingerprint density at radius 2 is 0.983 bits per heavy atom. The molecule has 1 aliphatic rings. The fourth-order valence-electron chi connectivity index (χ4n) is 5.85. The number of carbonyl (C=O) groups is 4. The van der Waals surface area contributed by atoms with Gasteiger partial charge < -0.3 is 63.7 Å². The van der Waals surface area contributed by atoms with Crippen LogP contribution in [0.1, 0.15) is 78.1 Å². The number of ether oxygens (including phenoxy) is 6. The van der Waals surface area contributed by atoms with Gasteiger partial charge >= 0.3 is 0 Å². The molecule has 17 nitrogen and oxygen atoms in total. The van der Waals surface area contributed by atoms with Crippen LogP contribution in [0, 0.1) is 42.9 Å². The minimum atomic E-state index is -4.04. The Labute approximate surface area is 350 Å². The Morgan fingerprint density at radius 3 is 1.32 bits per heavy atom. The second kappa shape index (κ2) is 33.2. The molecule has 1 rings (SSSR count). The Balaban J connectivity index is 3.05. The molecule has 0 spiro atoms. The van der Waals surface area contributed by atoms with Crippen molar-refractivity contribution in [1.82, 2.24) is 21.3 Å². The molecule has 0 aromatic rings. The van der Waals surface area contributed by atoms with E-state index < -0.39 is 30.8 Å². The minimum Gasteiger partial charge on any atom is -0.778 e. The lowest BCUT2D eigenvalue weighted by Crippen LogP contribution is -2.52. The van der Waals surface area contributed by atoms with Gasteiger partial charge in [0.2, 0.25) is 23.6 Å². The van der Waals surface area contributed by atoms with Crippen LogP contribution >= 0.6 is 7.60 Å². The van der Waals surface area contributed by atoms with Gasteiger partial charge in [-0.3, -0.25) is 19.2 Å². The van der Waals surface area contributed by atoms with Crippen molar-refractivity contribution in [3.05, 3.63) is 0 Å². The van der Waals surface area contributed by atoms with E-state index >= 15 is 0 Å². The quantitative estimate of drug-likeness (QED) is 0.0399. The molecule has 0 saturated heterocycles. The first-order valence-corrected chi connectivity index (χ1v) is 21.9. The van der Waals surface area contributed by atoms with Gasteiger partial charge in [-0.2, -0.15) is 0 Å². The van der Waals surface area contributed by atoms with E-state index in [0.29, 0.717) is 65.3 Å². The lowest BCUT2D eigenvalue weighted by molar-refractivity contribution is -0.205. The van der Waals surface area contributed by atoms with Crippen LogP contribution in [0.25, 0.3) is 0 Å². The summed E-state index contributed by atoms with van der Waals surface area (Å²) >= 11 is 0. The van der Waals surface area contributed by atoms with E-state index in [2.05, 4.69) is 39.0 Å². The molecule has 0 radical (unpaired) electrons. The number of nitrogens with one attached hydrogen (secondary N) is 4. The molecule has 1 aliphatic carbocycles. The van der Waals surface area contributed by atoms with Crippen molar-refractivity contribution < 1.29 is 61.6 Å². The van der Waals surface area contributed by atoms with E-state index in [4.69, 9.17) is 52.2 Å². The maximum absolute atomic E-state index is 14.0. The molecule has 1 atom stereocenters. The second-order valence-corrected chi connectivity index (χ2v) is 16.5. The van der Waals surface area contributed by atoms with Gasteiger partial charge in [0, 0.05) is 56.0 Å². The Morgan fingerprint density at radius 1 is 0.627 bits per heavy atom. The maximum atomic E-state index is 14.0. The summed E-state index contributed by atoms with van der Waals surface area (Å²) in [6.45, 7) is 6.91. The van der Waals surface area contributed by atoms with Gasteiger partial charge in [-0.1, -0.05) is 31.6 Å². The molecule has 1 unspecified atom stereocenters. The van der Waals surface area contributed by atoms with Gasteiger partial charge in [-0.25, -0.2) is 0 Å². The number of amides is 4. The van der Waals surface area contributed by atoms with Gasteiger partial charge in [0.25, 0.3) is 0 Å². The van der Waals surface area contributed by atoms with Crippen molar-refractivity contribution in [1.29, 1.82) is 0 Å². The SMILES string of the molecule is C#CCOCCOCCNC(=O)CCC(CCC(=O)NCCOCCOCC#C)(CCC(=O)NCCOCCOCC#C)NC(=O)C1CCC(OP(=O)([O-])C(C)C)CC1. The highest BCUT2D eigenvalue weighted by Gasteiger charge is 2.37. The smallest absolute Gasteiger partial charge is 0.223 e. The largest absolute Gasteiger partial charge is 0.778 e. The van der Waals surface area contributed by atoms with Crippen molar-refractivity contribution in [2.45, 2.75) is 95.4 Å². The van der Waals surface area contributed by atoms with E-state index in [1.165, 1.54) is 0 Å². The summed E-state index contributed by atoms with van der Waals surface area (Å²) in [7, 11) is -4.04. The summed E-state index contributed by atoms with van der Waals surface area (Å²) in [4.78, 5) is 65.6. The zero-order valence-corrected chi connectivity index (χ0v) is 35.8. The Bertz CT molecular complexity index is 1270.